The molecule has 0 spiro atoms. The predicted octanol–water partition coefficient (Wildman–Crippen LogP) is 4.02. The van der Waals surface area contributed by atoms with E-state index in [2.05, 4.69) is 18.7 Å². The van der Waals surface area contributed by atoms with Crippen LogP contribution in [-0.4, -0.2) is 79.7 Å². The van der Waals surface area contributed by atoms with Crippen molar-refractivity contribution in [1.29, 1.82) is 0 Å². The number of amides is 1. The quantitative estimate of drug-likeness (QED) is 0.268. The van der Waals surface area contributed by atoms with Gasteiger partial charge in [0.1, 0.15) is 19.0 Å². The molecule has 38 heavy (non-hydrogen) atoms. The van der Waals surface area contributed by atoms with Gasteiger partial charge in [0, 0.05) is 12.1 Å². The number of ether oxygens (including phenoxy) is 4. The van der Waals surface area contributed by atoms with Crippen LogP contribution in [0.25, 0.3) is 5.76 Å². The monoisotopic (exact) mass is 524 g/mol. The van der Waals surface area contributed by atoms with Crippen molar-refractivity contribution in [3.63, 3.8) is 0 Å². The number of carbonyl (C=O) groups is 2. The largest absolute Gasteiger partial charge is 0.507 e. The normalized spacial score (nSPS) is 18.2. The highest BCUT2D eigenvalue weighted by Crippen LogP contribution is 2.43. The molecular weight excluding hydrogens is 488 g/mol. The summed E-state index contributed by atoms with van der Waals surface area (Å²) in [7, 11) is 1.54. The fourth-order valence-corrected chi connectivity index (χ4v) is 4.94. The number of ketones is 1. The zero-order chi connectivity index (χ0) is 27.2. The Morgan fingerprint density at radius 3 is 2.45 bits per heavy atom. The number of aliphatic hydroxyl groups excluding tert-OH is 1. The van der Waals surface area contributed by atoms with Gasteiger partial charge in [0.05, 0.1) is 25.3 Å². The van der Waals surface area contributed by atoms with Crippen LogP contribution in [0.4, 0.5) is 0 Å². The van der Waals surface area contributed by atoms with Gasteiger partial charge in [0.15, 0.2) is 23.0 Å². The van der Waals surface area contributed by atoms with Crippen LogP contribution in [0.3, 0.4) is 0 Å². The fraction of sp³-hybridized carbons (Fsp3) is 0.448. The first-order valence-corrected chi connectivity index (χ1v) is 13.1. The third-order valence-corrected chi connectivity index (χ3v) is 6.93. The van der Waals surface area contributed by atoms with Crippen LogP contribution in [0, 0.1) is 0 Å². The molecule has 4 rings (SSSR count). The molecule has 2 aliphatic rings. The van der Waals surface area contributed by atoms with Gasteiger partial charge in [-0.25, -0.2) is 0 Å². The summed E-state index contributed by atoms with van der Waals surface area (Å²) >= 11 is 0. The average molecular weight is 525 g/mol. The zero-order valence-corrected chi connectivity index (χ0v) is 22.5. The molecule has 9 nitrogen and oxygen atoms in total. The van der Waals surface area contributed by atoms with E-state index in [0.29, 0.717) is 66.9 Å². The first-order valence-electron chi connectivity index (χ1n) is 13.1. The number of nitrogens with zero attached hydrogens (tertiary/aromatic N) is 2. The summed E-state index contributed by atoms with van der Waals surface area (Å²) in [4.78, 5) is 30.5. The second-order valence-electron chi connectivity index (χ2n) is 9.07. The van der Waals surface area contributed by atoms with E-state index in [0.717, 1.165) is 19.6 Å². The van der Waals surface area contributed by atoms with E-state index in [-0.39, 0.29) is 11.3 Å². The number of methoxy groups -OCH3 is 1. The Labute approximate surface area is 223 Å². The highest BCUT2D eigenvalue weighted by molar-refractivity contribution is 6.46. The van der Waals surface area contributed by atoms with Crippen molar-refractivity contribution in [3.05, 3.63) is 53.1 Å². The lowest BCUT2D eigenvalue weighted by atomic mass is 9.94. The lowest BCUT2D eigenvalue weighted by molar-refractivity contribution is -0.140. The summed E-state index contributed by atoms with van der Waals surface area (Å²) in [6, 6.07) is 9.52. The first-order chi connectivity index (χ1) is 18.4. The highest BCUT2D eigenvalue weighted by Gasteiger charge is 2.46. The van der Waals surface area contributed by atoms with Crippen LogP contribution in [0.2, 0.25) is 0 Å². The van der Waals surface area contributed by atoms with Gasteiger partial charge in [-0.3, -0.25) is 9.59 Å². The molecular formula is C29H36N2O7. The van der Waals surface area contributed by atoms with Crippen LogP contribution in [0.15, 0.2) is 42.0 Å². The molecule has 1 saturated heterocycles. The summed E-state index contributed by atoms with van der Waals surface area (Å²) in [5.74, 6) is 0.468. The SMILES string of the molecule is CCOc1ccc(C2/C(=C(/O)c3ccc4c(c3)OCCO4)C(=O)C(=O)N2CCCN(CC)CC)cc1OC. The summed E-state index contributed by atoms with van der Waals surface area (Å²) in [5.41, 5.74) is 1.05. The van der Waals surface area contributed by atoms with E-state index in [1.165, 1.54) is 7.11 Å². The van der Waals surface area contributed by atoms with Crippen molar-refractivity contribution in [2.75, 3.05) is 53.1 Å². The zero-order valence-electron chi connectivity index (χ0n) is 22.5. The van der Waals surface area contributed by atoms with Gasteiger partial charge in [-0.2, -0.15) is 0 Å². The summed E-state index contributed by atoms with van der Waals surface area (Å²) in [6.45, 7) is 10.3. The van der Waals surface area contributed by atoms with Gasteiger partial charge >= 0.3 is 0 Å². The van der Waals surface area contributed by atoms with Gasteiger partial charge in [0.2, 0.25) is 0 Å². The van der Waals surface area contributed by atoms with Crippen LogP contribution >= 0.6 is 0 Å². The second kappa shape index (κ2) is 12.2. The van der Waals surface area contributed by atoms with E-state index in [4.69, 9.17) is 18.9 Å². The molecule has 1 atom stereocenters. The molecule has 2 aromatic carbocycles. The van der Waals surface area contributed by atoms with E-state index in [9.17, 15) is 14.7 Å². The molecule has 1 fully saturated rings. The molecule has 1 amide bonds. The van der Waals surface area contributed by atoms with Crippen molar-refractivity contribution in [1.82, 2.24) is 9.80 Å². The van der Waals surface area contributed by atoms with E-state index in [1.54, 1.807) is 41.3 Å². The molecule has 0 radical (unpaired) electrons. The average Bonchev–Trinajstić information content (AvgIpc) is 3.20. The topological polar surface area (TPSA) is 97.8 Å². The van der Waals surface area contributed by atoms with Crippen molar-refractivity contribution >= 4 is 17.4 Å². The van der Waals surface area contributed by atoms with Crippen LogP contribution in [-0.2, 0) is 9.59 Å². The number of likely N-dealkylation sites (tertiary alicyclic amines) is 1. The Morgan fingerprint density at radius 2 is 1.76 bits per heavy atom. The number of carbonyl (C=O) groups excluding carboxylic acids is 2. The number of fused-ring (bicyclic) bond motifs is 1. The number of Topliss-reactive ketones (excluding diaryl/α,β-unsaturated/α-hetero) is 1. The highest BCUT2D eigenvalue weighted by atomic mass is 16.6. The standard InChI is InChI=1S/C29H36N2O7/c1-5-30(6-2)13-8-14-31-26(19-9-11-21(36-7-3)23(17-19)35-4)25(28(33)29(31)34)27(32)20-10-12-22-24(18-20)38-16-15-37-22/h9-12,17-18,26,32H,5-8,13-16H2,1-4H3/b27-25-. The Balaban J connectivity index is 1.78. The van der Waals surface area contributed by atoms with Gasteiger partial charge in [-0.1, -0.05) is 19.9 Å². The molecule has 1 unspecified atom stereocenters. The van der Waals surface area contributed by atoms with Crippen LogP contribution < -0.4 is 18.9 Å². The minimum absolute atomic E-state index is 0.0285. The van der Waals surface area contributed by atoms with E-state index in [1.807, 2.05) is 6.92 Å². The Morgan fingerprint density at radius 1 is 1.03 bits per heavy atom. The predicted molar refractivity (Wildman–Crippen MR) is 143 cm³/mol. The number of hydrogen-bond acceptors (Lipinski definition) is 8. The summed E-state index contributed by atoms with van der Waals surface area (Å²) < 4.78 is 22.5. The van der Waals surface area contributed by atoms with Gasteiger partial charge in [-0.15, -0.1) is 0 Å². The summed E-state index contributed by atoms with van der Waals surface area (Å²) in [6.07, 6.45) is 0.684. The third kappa shape index (κ3) is 5.43. The number of rotatable bonds is 11. The van der Waals surface area contributed by atoms with Gasteiger partial charge in [0.25, 0.3) is 11.7 Å². The minimum atomic E-state index is -0.788. The lowest BCUT2D eigenvalue weighted by Crippen LogP contribution is -2.33. The second-order valence-corrected chi connectivity index (χ2v) is 9.07. The molecule has 0 bridgehead atoms. The smallest absolute Gasteiger partial charge is 0.295 e. The van der Waals surface area contributed by atoms with Crippen molar-refractivity contribution in [3.8, 4) is 23.0 Å². The Bertz CT molecular complexity index is 1210. The molecule has 2 aromatic rings. The summed E-state index contributed by atoms with van der Waals surface area (Å²) in [5, 5.41) is 11.4. The lowest BCUT2D eigenvalue weighted by Gasteiger charge is -2.27. The third-order valence-electron chi connectivity index (χ3n) is 6.93. The maximum atomic E-state index is 13.4. The van der Waals surface area contributed by atoms with Gasteiger partial charge in [-0.05, 0) is 68.9 Å². The molecule has 0 aliphatic carbocycles. The molecule has 0 saturated carbocycles. The number of benzene rings is 2. The molecule has 0 aromatic heterocycles. The van der Waals surface area contributed by atoms with Crippen molar-refractivity contribution in [2.24, 2.45) is 0 Å². The minimum Gasteiger partial charge on any atom is -0.507 e. The number of hydrogen-bond donors (Lipinski definition) is 1. The molecule has 2 aliphatic heterocycles. The Kier molecular flexibility index (Phi) is 8.78. The number of aliphatic hydroxyl groups is 1. The molecule has 204 valence electrons. The van der Waals surface area contributed by atoms with Gasteiger partial charge < -0.3 is 33.9 Å². The molecule has 1 N–H and O–H groups in total. The fourth-order valence-electron chi connectivity index (χ4n) is 4.94. The maximum absolute atomic E-state index is 13.4. The van der Waals surface area contributed by atoms with Crippen molar-refractivity contribution in [2.45, 2.75) is 33.2 Å². The van der Waals surface area contributed by atoms with E-state index < -0.39 is 17.7 Å². The van der Waals surface area contributed by atoms with Crippen LogP contribution in [0.5, 0.6) is 23.0 Å². The molecule has 9 heteroatoms. The Hall–Kier alpha value is -3.72. The molecule has 2 heterocycles. The maximum Gasteiger partial charge on any atom is 0.295 e. The van der Waals surface area contributed by atoms with E-state index >= 15 is 0 Å². The van der Waals surface area contributed by atoms with Crippen LogP contribution in [0.1, 0.15) is 44.4 Å². The first kappa shape index (κ1) is 27.3. The van der Waals surface area contributed by atoms with Crippen molar-refractivity contribution < 1.29 is 33.6 Å².